The predicted molar refractivity (Wildman–Crippen MR) is 91.1 cm³/mol. The van der Waals surface area contributed by atoms with Gasteiger partial charge in [0.2, 0.25) is 0 Å². The first-order valence-corrected chi connectivity index (χ1v) is 8.02. The largest absolute Gasteiger partial charge is 0.392 e. The first kappa shape index (κ1) is 17.4. The molecule has 0 amide bonds. The summed E-state index contributed by atoms with van der Waals surface area (Å²) in [6, 6.07) is 19.6. The van der Waals surface area contributed by atoms with Gasteiger partial charge >= 0.3 is 0 Å². The van der Waals surface area contributed by atoms with Crippen molar-refractivity contribution in [3.05, 3.63) is 71.8 Å². The van der Waals surface area contributed by atoms with Crippen molar-refractivity contribution in [2.24, 2.45) is 0 Å². The molecule has 1 N–H and O–H groups in total. The van der Waals surface area contributed by atoms with Crippen LogP contribution in [0, 0.1) is 0 Å². The van der Waals surface area contributed by atoms with Crippen LogP contribution in [0.5, 0.6) is 0 Å². The molecule has 0 unspecified atom stereocenters. The lowest BCUT2D eigenvalue weighted by atomic mass is 10.0. The van der Waals surface area contributed by atoms with Gasteiger partial charge in [-0.2, -0.15) is 0 Å². The number of hydrogen-bond acceptors (Lipinski definition) is 3. The maximum atomic E-state index is 12.0. The van der Waals surface area contributed by atoms with Crippen LogP contribution in [0.2, 0.25) is 0 Å². The summed E-state index contributed by atoms with van der Waals surface area (Å²) in [6.07, 6.45) is 0.233. The lowest BCUT2D eigenvalue weighted by molar-refractivity contribution is -0.123. The van der Waals surface area contributed by atoms with E-state index in [4.69, 9.17) is 4.74 Å². The van der Waals surface area contributed by atoms with Gasteiger partial charge in [-0.15, -0.1) is 0 Å². The SMILES string of the molecule is C[C@H](CC(=O)C[C@H](O)Cc1ccccc1)OCc1ccccc1. The number of hydrogen-bond donors (Lipinski definition) is 1. The first-order valence-electron chi connectivity index (χ1n) is 8.02. The fourth-order valence-electron chi connectivity index (χ4n) is 2.50. The van der Waals surface area contributed by atoms with Crippen LogP contribution >= 0.6 is 0 Å². The van der Waals surface area contributed by atoms with Crippen molar-refractivity contribution in [1.82, 2.24) is 0 Å². The molecule has 3 nitrogen and oxygen atoms in total. The Bertz CT molecular complexity index is 580. The standard InChI is InChI=1S/C20H24O3/c1-16(23-15-18-10-6-3-7-11-18)12-19(21)14-20(22)13-17-8-4-2-5-9-17/h2-11,16,20,22H,12-15H2,1H3/t16-,20-/m1/s1. The van der Waals surface area contributed by atoms with Crippen molar-refractivity contribution in [3.63, 3.8) is 0 Å². The fraction of sp³-hybridized carbons (Fsp3) is 0.350. The van der Waals surface area contributed by atoms with E-state index in [1.54, 1.807) is 0 Å². The number of ketones is 1. The molecule has 0 radical (unpaired) electrons. The number of rotatable bonds is 9. The van der Waals surface area contributed by atoms with Gasteiger partial charge in [-0.3, -0.25) is 4.79 Å². The minimum atomic E-state index is -0.633. The van der Waals surface area contributed by atoms with Crippen LogP contribution < -0.4 is 0 Å². The average molecular weight is 312 g/mol. The minimum absolute atomic E-state index is 0.0361. The molecular formula is C20H24O3. The van der Waals surface area contributed by atoms with Crippen LogP contribution in [0.15, 0.2) is 60.7 Å². The predicted octanol–water partition coefficient (Wildman–Crippen LogP) is 3.54. The van der Waals surface area contributed by atoms with E-state index in [-0.39, 0.29) is 18.3 Å². The van der Waals surface area contributed by atoms with Gasteiger partial charge < -0.3 is 9.84 Å². The molecule has 0 heterocycles. The van der Waals surface area contributed by atoms with Gasteiger partial charge in [0, 0.05) is 12.8 Å². The lowest BCUT2D eigenvalue weighted by Crippen LogP contribution is -2.20. The van der Waals surface area contributed by atoms with Gasteiger partial charge in [-0.05, 0) is 24.5 Å². The van der Waals surface area contributed by atoms with Gasteiger partial charge in [-0.1, -0.05) is 60.7 Å². The normalized spacial score (nSPS) is 13.5. The highest BCUT2D eigenvalue weighted by molar-refractivity contribution is 5.79. The summed E-state index contributed by atoms with van der Waals surface area (Å²) in [5, 5.41) is 10.0. The molecule has 122 valence electrons. The topological polar surface area (TPSA) is 46.5 Å². The molecule has 0 aliphatic carbocycles. The molecular weight excluding hydrogens is 288 g/mol. The van der Waals surface area contributed by atoms with Crippen LogP contribution in [-0.4, -0.2) is 23.1 Å². The molecule has 2 atom stereocenters. The molecule has 0 aromatic heterocycles. The molecule has 0 spiro atoms. The van der Waals surface area contributed by atoms with Crippen molar-refractivity contribution < 1.29 is 14.6 Å². The van der Waals surface area contributed by atoms with Crippen molar-refractivity contribution in [2.45, 2.75) is 45.0 Å². The lowest BCUT2D eigenvalue weighted by Gasteiger charge is -2.14. The number of aliphatic hydroxyl groups is 1. The summed E-state index contributed by atoms with van der Waals surface area (Å²) in [7, 11) is 0. The van der Waals surface area contributed by atoms with Crippen LogP contribution in [0.25, 0.3) is 0 Å². The monoisotopic (exact) mass is 312 g/mol. The number of ether oxygens (including phenoxy) is 1. The third-order valence-electron chi connectivity index (χ3n) is 3.67. The van der Waals surface area contributed by atoms with Crippen molar-refractivity contribution in [2.75, 3.05) is 0 Å². The van der Waals surface area contributed by atoms with E-state index >= 15 is 0 Å². The minimum Gasteiger partial charge on any atom is -0.392 e. The molecule has 0 fully saturated rings. The van der Waals surface area contributed by atoms with E-state index in [1.165, 1.54) is 0 Å². The van der Waals surface area contributed by atoms with Crippen LogP contribution in [0.4, 0.5) is 0 Å². The van der Waals surface area contributed by atoms with Crippen molar-refractivity contribution in [1.29, 1.82) is 0 Å². The molecule has 0 aliphatic heterocycles. The molecule has 2 rings (SSSR count). The Hall–Kier alpha value is -1.97. The number of benzene rings is 2. The van der Waals surface area contributed by atoms with Gasteiger partial charge in [0.25, 0.3) is 0 Å². The van der Waals surface area contributed by atoms with E-state index < -0.39 is 6.10 Å². The third kappa shape index (κ3) is 6.76. The van der Waals surface area contributed by atoms with E-state index in [0.717, 1.165) is 11.1 Å². The summed E-state index contributed by atoms with van der Waals surface area (Å²) < 4.78 is 5.70. The van der Waals surface area contributed by atoms with Gasteiger partial charge in [-0.25, -0.2) is 0 Å². The van der Waals surface area contributed by atoms with E-state index in [1.807, 2.05) is 67.6 Å². The maximum absolute atomic E-state index is 12.0. The summed E-state index contributed by atoms with van der Waals surface area (Å²) >= 11 is 0. The Morgan fingerprint density at radius 3 is 2.13 bits per heavy atom. The number of carbonyl (C=O) groups is 1. The smallest absolute Gasteiger partial charge is 0.138 e. The summed E-state index contributed by atoms with van der Waals surface area (Å²) in [4.78, 5) is 12.0. The Morgan fingerprint density at radius 2 is 1.52 bits per heavy atom. The highest BCUT2D eigenvalue weighted by atomic mass is 16.5. The zero-order valence-corrected chi connectivity index (χ0v) is 13.5. The molecule has 23 heavy (non-hydrogen) atoms. The zero-order chi connectivity index (χ0) is 16.5. The Balaban J connectivity index is 1.69. The quantitative estimate of drug-likeness (QED) is 0.770. The summed E-state index contributed by atoms with van der Waals surface area (Å²) in [5.41, 5.74) is 2.14. The second-order valence-electron chi connectivity index (χ2n) is 5.90. The summed E-state index contributed by atoms with van der Waals surface area (Å²) in [6.45, 7) is 2.40. The molecule has 2 aromatic carbocycles. The highest BCUT2D eigenvalue weighted by Crippen LogP contribution is 2.10. The Kier molecular flexibility index (Phi) is 6.98. The van der Waals surface area contributed by atoms with E-state index in [2.05, 4.69) is 0 Å². The van der Waals surface area contributed by atoms with Crippen LogP contribution in [0.3, 0.4) is 0 Å². The zero-order valence-electron chi connectivity index (χ0n) is 13.5. The summed E-state index contributed by atoms with van der Waals surface area (Å²) in [5.74, 6) is 0.0361. The van der Waals surface area contributed by atoms with Crippen LogP contribution in [-0.2, 0) is 22.6 Å². The van der Waals surface area contributed by atoms with Crippen molar-refractivity contribution in [3.8, 4) is 0 Å². The second kappa shape index (κ2) is 9.23. The maximum Gasteiger partial charge on any atom is 0.138 e. The van der Waals surface area contributed by atoms with Gasteiger partial charge in [0.15, 0.2) is 0 Å². The Labute approximate surface area is 137 Å². The highest BCUT2D eigenvalue weighted by Gasteiger charge is 2.15. The molecule has 3 heteroatoms. The third-order valence-corrected chi connectivity index (χ3v) is 3.67. The number of Topliss-reactive ketones (excluding diaryl/α,β-unsaturated/α-hetero) is 1. The number of aliphatic hydroxyl groups excluding tert-OH is 1. The molecule has 2 aromatic rings. The fourth-order valence-corrected chi connectivity index (χ4v) is 2.50. The molecule has 0 aliphatic rings. The molecule has 0 bridgehead atoms. The molecule has 0 saturated heterocycles. The van der Waals surface area contributed by atoms with Gasteiger partial charge in [0.05, 0.1) is 18.8 Å². The van der Waals surface area contributed by atoms with E-state index in [0.29, 0.717) is 19.4 Å². The van der Waals surface area contributed by atoms with Crippen molar-refractivity contribution >= 4 is 5.78 Å². The van der Waals surface area contributed by atoms with E-state index in [9.17, 15) is 9.90 Å². The average Bonchev–Trinajstić information content (AvgIpc) is 2.54. The second-order valence-corrected chi connectivity index (χ2v) is 5.90. The van der Waals surface area contributed by atoms with Gasteiger partial charge in [0.1, 0.15) is 5.78 Å². The van der Waals surface area contributed by atoms with Crippen LogP contribution in [0.1, 0.15) is 30.9 Å². The first-order chi connectivity index (χ1) is 11.1. The molecule has 0 saturated carbocycles. The Morgan fingerprint density at radius 1 is 0.957 bits per heavy atom. The number of carbonyl (C=O) groups excluding carboxylic acids is 1.